The molecule has 0 aliphatic heterocycles. The highest BCUT2D eigenvalue weighted by molar-refractivity contribution is 6.15. The van der Waals surface area contributed by atoms with E-state index in [0.29, 0.717) is 5.22 Å². The highest BCUT2D eigenvalue weighted by Crippen LogP contribution is 2.37. The van der Waals surface area contributed by atoms with Crippen molar-refractivity contribution >= 4 is 34.7 Å². The van der Waals surface area contributed by atoms with Crippen molar-refractivity contribution in [1.82, 2.24) is 0 Å². The van der Waals surface area contributed by atoms with E-state index in [0.717, 1.165) is 26.9 Å². The van der Waals surface area contributed by atoms with E-state index in [-0.39, 0.29) is 5.75 Å². The van der Waals surface area contributed by atoms with Crippen molar-refractivity contribution in [1.29, 1.82) is 0 Å². The third kappa shape index (κ3) is 1.81. The standard InChI is InChI=1S/C23H26O/c1-10-11(2)15(6)20-19(14(10)5)18(9)23(24)22-17(8)13(4)12(3)16(7)21(20)22/h24H,8-9H2,1-7H3. The van der Waals surface area contributed by atoms with Gasteiger partial charge in [-0.25, -0.2) is 0 Å². The molecule has 0 bridgehead atoms. The van der Waals surface area contributed by atoms with Crippen LogP contribution in [0.25, 0.3) is 34.7 Å². The minimum atomic E-state index is 0.277. The van der Waals surface area contributed by atoms with Gasteiger partial charge in [0, 0.05) is 10.6 Å². The number of phenols is 1. The first-order chi connectivity index (χ1) is 11.1. The largest absolute Gasteiger partial charge is 0.507 e. The van der Waals surface area contributed by atoms with Gasteiger partial charge in [0.05, 0.1) is 0 Å². The number of hydrogen-bond donors (Lipinski definition) is 1. The highest BCUT2D eigenvalue weighted by Gasteiger charge is 2.19. The predicted octanol–water partition coefficient (Wildman–Crippen LogP) is 4.68. The zero-order chi connectivity index (χ0) is 18.1. The molecule has 0 unspecified atom stereocenters. The fourth-order valence-electron chi connectivity index (χ4n) is 4.07. The van der Waals surface area contributed by atoms with Gasteiger partial charge < -0.3 is 5.11 Å². The van der Waals surface area contributed by atoms with Crippen LogP contribution in [0.2, 0.25) is 0 Å². The maximum atomic E-state index is 10.9. The molecule has 0 heterocycles. The number of aryl methyl sites for hydroxylation is 3. The van der Waals surface area contributed by atoms with Gasteiger partial charge in [-0.2, -0.15) is 0 Å². The molecule has 3 aromatic rings. The first-order valence-corrected chi connectivity index (χ1v) is 8.43. The van der Waals surface area contributed by atoms with Crippen molar-refractivity contribution in [2.75, 3.05) is 0 Å². The molecule has 0 amide bonds. The van der Waals surface area contributed by atoms with Crippen LogP contribution in [0.4, 0.5) is 0 Å². The summed E-state index contributed by atoms with van der Waals surface area (Å²) in [5.74, 6) is 0.277. The molecule has 1 N–H and O–H groups in total. The second-order valence-corrected chi connectivity index (χ2v) is 7.18. The number of fused-ring (bicyclic) bond motifs is 3. The summed E-state index contributed by atoms with van der Waals surface area (Å²) < 4.78 is 0. The number of phenolic OH excluding ortho intramolecular Hbond substituents is 1. The van der Waals surface area contributed by atoms with E-state index in [4.69, 9.17) is 0 Å². The molecule has 3 aromatic carbocycles. The second-order valence-electron chi connectivity index (χ2n) is 7.18. The molecular formula is C23H26O. The molecule has 0 aliphatic rings. The molecule has 0 aliphatic carbocycles. The Kier molecular flexibility index (Phi) is 3.53. The van der Waals surface area contributed by atoms with Crippen LogP contribution < -0.4 is 10.4 Å². The molecule has 0 radical (unpaired) electrons. The number of hydrogen-bond acceptors (Lipinski definition) is 1. The summed E-state index contributed by atoms with van der Waals surface area (Å²) in [5, 5.41) is 16.9. The maximum Gasteiger partial charge on any atom is 0.131 e. The van der Waals surface area contributed by atoms with Crippen molar-refractivity contribution in [3.8, 4) is 5.75 Å². The molecule has 1 nitrogen and oxygen atoms in total. The van der Waals surface area contributed by atoms with E-state index in [1.54, 1.807) is 0 Å². The average Bonchev–Trinajstić information content (AvgIpc) is 2.56. The quantitative estimate of drug-likeness (QED) is 0.597. The molecule has 0 saturated heterocycles. The third-order valence-corrected chi connectivity index (χ3v) is 6.27. The van der Waals surface area contributed by atoms with Crippen LogP contribution in [0.5, 0.6) is 5.75 Å². The molecule has 3 rings (SSSR count). The Bertz CT molecular complexity index is 1140. The fraction of sp³-hybridized carbons (Fsp3) is 0.304. The van der Waals surface area contributed by atoms with Gasteiger partial charge in [0.25, 0.3) is 0 Å². The molecule has 0 spiro atoms. The van der Waals surface area contributed by atoms with Gasteiger partial charge in [0.1, 0.15) is 5.75 Å². The van der Waals surface area contributed by atoms with E-state index in [2.05, 4.69) is 61.6 Å². The highest BCUT2D eigenvalue weighted by atomic mass is 16.3. The van der Waals surface area contributed by atoms with E-state index < -0.39 is 0 Å². The van der Waals surface area contributed by atoms with E-state index in [1.165, 1.54) is 38.8 Å². The first-order valence-electron chi connectivity index (χ1n) is 8.43. The van der Waals surface area contributed by atoms with Crippen LogP contribution in [0, 0.1) is 48.5 Å². The minimum absolute atomic E-state index is 0.277. The van der Waals surface area contributed by atoms with Gasteiger partial charge in [-0.3, -0.25) is 0 Å². The van der Waals surface area contributed by atoms with Crippen molar-refractivity contribution in [2.45, 2.75) is 48.5 Å². The number of benzene rings is 3. The first kappa shape index (κ1) is 16.6. The molecular weight excluding hydrogens is 292 g/mol. The minimum Gasteiger partial charge on any atom is -0.507 e. The molecule has 24 heavy (non-hydrogen) atoms. The van der Waals surface area contributed by atoms with Gasteiger partial charge in [-0.15, -0.1) is 0 Å². The van der Waals surface area contributed by atoms with Gasteiger partial charge >= 0.3 is 0 Å². The topological polar surface area (TPSA) is 20.2 Å². The van der Waals surface area contributed by atoms with Crippen molar-refractivity contribution in [3.63, 3.8) is 0 Å². The Balaban J connectivity index is 2.94. The van der Waals surface area contributed by atoms with Gasteiger partial charge in [0.15, 0.2) is 0 Å². The second kappa shape index (κ2) is 5.11. The molecule has 0 aromatic heterocycles. The summed E-state index contributed by atoms with van der Waals surface area (Å²) in [4.78, 5) is 0. The summed E-state index contributed by atoms with van der Waals surface area (Å²) >= 11 is 0. The maximum absolute atomic E-state index is 10.9. The molecule has 1 heteroatoms. The number of aromatic hydroxyl groups is 1. The SMILES string of the molecule is C=c1c(O)c2c(=C)c(C)c(C)c(C)c2c2c(C)c(C)c(C)c(C)c12. The Labute approximate surface area is 143 Å². The summed E-state index contributed by atoms with van der Waals surface area (Å²) in [5.41, 5.74) is 8.69. The van der Waals surface area contributed by atoms with Crippen LogP contribution >= 0.6 is 0 Å². The summed E-state index contributed by atoms with van der Waals surface area (Å²) in [6, 6.07) is 0. The van der Waals surface area contributed by atoms with Gasteiger partial charge in [-0.05, 0) is 109 Å². The van der Waals surface area contributed by atoms with E-state index >= 15 is 0 Å². The normalized spacial score (nSPS) is 11.6. The van der Waals surface area contributed by atoms with Crippen LogP contribution in [0.3, 0.4) is 0 Å². The molecule has 0 saturated carbocycles. The van der Waals surface area contributed by atoms with Crippen LogP contribution in [-0.4, -0.2) is 5.11 Å². The summed E-state index contributed by atoms with van der Waals surface area (Å²) in [6.45, 7) is 23.5. The molecule has 0 fully saturated rings. The summed E-state index contributed by atoms with van der Waals surface area (Å²) in [6.07, 6.45) is 0. The van der Waals surface area contributed by atoms with Crippen LogP contribution in [0.15, 0.2) is 0 Å². The smallest absolute Gasteiger partial charge is 0.131 e. The Morgan fingerprint density at radius 3 is 1.33 bits per heavy atom. The van der Waals surface area contributed by atoms with Crippen molar-refractivity contribution < 1.29 is 5.11 Å². The van der Waals surface area contributed by atoms with Crippen LogP contribution in [0.1, 0.15) is 38.9 Å². The lowest BCUT2D eigenvalue weighted by atomic mass is 9.84. The Morgan fingerprint density at radius 2 is 0.833 bits per heavy atom. The monoisotopic (exact) mass is 318 g/mol. The van der Waals surface area contributed by atoms with Gasteiger partial charge in [0.2, 0.25) is 0 Å². The zero-order valence-corrected chi connectivity index (χ0v) is 15.9. The van der Waals surface area contributed by atoms with E-state index in [9.17, 15) is 5.11 Å². The average molecular weight is 318 g/mol. The number of rotatable bonds is 0. The lowest BCUT2D eigenvalue weighted by molar-refractivity contribution is 0.478. The summed E-state index contributed by atoms with van der Waals surface area (Å²) in [7, 11) is 0. The zero-order valence-electron chi connectivity index (χ0n) is 15.9. The Hall–Kier alpha value is -2.28. The Morgan fingerprint density at radius 1 is 0.458 bits per heavy atom. The molecule has 124 valence electrons. The molecule has 0 atom stereocenters. The van der Waals surface area contributed by atoms with Crippen molar-refractivity contribution in [3.05, 3.63) is 49.4 Å². The fourth-order valence-corrected chi connectivity index (χ4v) is 4.07. The predicted molar refractivity (Wildman–Crippen MR) is 107 cm³/mol. The van der Waals surface area contributed by atoms with E-state index in [1.807, 2.05) is 0 Å². The lowest BCUT2D eigenvalue weighted by Gasteiger charge is -2.21. The van der Waals surface area contributed by atoms with Crippen molar-refractivity contribution in [2.24, 2.45) is 0 Å². The lowest BCUT2D eigenvalue weighted by Crippen LogP contribution is -2.15. The van der Waals surface area contributed by atoms with Gasteiger partial charge in [-0.1, -0.05) is 13.2 Å². The third-order valence-electron chi connectivity index (χ3n) is 6.27. The van der Waals surface area contributed by atoms with Crippen LogP contribution in [-0.2, 0) is 0 Å².